The van der Waals surface area contributed by atoms with E-state index in [0.29, 0.717) is 17.0 Å². The van der Waals surface area contributed by atoms with Crippen molar-refractivity contribution in [3.8, 4) is 5.88 Å². The molecule has 0 spiro atoms. The number of fused-ring (bicyclic) bond motifs is 2. The van der Waals surface area contributed by atoms with Gasteiger partial charge in [0, 0.05) is 30.6 Å². The molecule has 0 saturated carbocycles. The molecule has 2 heterocycles. The van der Waals surface area contributed by atoms with Gasteiger partial charge in [0.15, 0.2) is 12.5 Å². The van der Waals surface area contributed by atoms with Crippen molar-refractivity contribution in [2.45, 2.75) is 0 Å². The van der Waals surface area contributed by atoms with Gasteiger partial charge >= 0.3 is 0 Å². The van der Waals surface area contributed by atoms with Gasteiger partial charge in [-0.1, -0.05) is 41.6 Å². The molecule has 7 nitrogen and oxygen atoms in total. The number of carbonyl (C=O) groups excluding carboxylic acids is 1. The van der Waals surface area contributed by atoms with E-state index in [9.17, 15) is 9.90 Å². The van der Waals surface area contributed by atoms with Crippen LogP contribution in [0.3, 0.4) is 0 Å². The summed E-state index contributed by atoms with van der Waals surface area (Å²) >= 11 is 0. The molecule has 136 valence electrons. The summed E-state index contributed by atoms with van der Waals surface area (Å²) < 4.78 is 0. The Kier molecular flexibility index (Phi) is 4.12. The number of aliphatic imine (C=N–C) groups is 1. The first-order chi connectivity index (χ1) is 13.1. The Labute approximate surface area is 155 Å². The van der Waals surface area contributed by atoms with E-state index in [2.05, 4.69) is 15.1 Å². The van der Waals surface area contributed by atoms with E-state index >= 15 is 0 Å². The van der Waals surface area contributed by atoms with Gasteiger partial charge in [-0.05, 0) is 12.1 Å². The minimum Gasteiger partial charge on any atom is -0.494 e. The Morgan fingerprint density at radius 3 is 2.74 bits per heavy atom. The minimum absolute atomic E-state index is 0.0137. The summed E-state index contributed by atoms with van der Waals surface area (Å²) in [5.41, 5.74) is 3.86. The third-order valence-corrected chi connectivity index (χ3v) is 4.38. The number of rotatable bonds is 4. The van der Waals surface area contributed by atoms with E-state index in [0.717, 1.165) is 22.2 Å². The van der Waals surface area contributed by atoms with Crippen LogP contribution in [0, 0.1) is 0 Å². The highest BCUT2D eigenvalue weighted by atomic mass is 16.6. The maximum atomic E-state index is 11.8. The number of nitrogens with one attached hydrogen (secondary N) is 1. The predicted octanol–water partition coefficient (Wildman–Crippen LogP) is 2.82. The van der Waals surface area contributed by atoms with E-state index in [-0.39, 0.29) is 18.4 Å². The highest BCUT2D eigenvalue weighted by molar-refractivity contribution is 6.58. The Morgan fingerprint density at radius 1 is 1.19 bits per heavy atom. The van der Waals surface area contributed by atoms with Crippen LogP contribution in [-0.2, 0) is 9.63 Å². The smallest absolute Gasteiger partial charge is 0.262 e. The molecule has 0 bridgehead atoms. The molecule has 2 aromatic carbocycles. The van der Waals surface area contributed by atoms with Crippen molar-refractivity contribution < 1.29 is 14.7 Å². The summed E-state index contributed by atoms with van der Waals surface area (Å²) in [6.45, 7) is -0.175. The first-order valence-electron chi connectivity index (χ1n) is 8.45. The second-order valence-corrected chi connectivity index (χ2v) is 6.37. The van der Waals surface area contributed by atoms with Crippen molar-refractivity contribution in [1.29, 1.82) is 0 Å². The van der Waals surface area contributed by atoms with E-state index in [4.69, 9.17) is 4.84 Å². The lowest BCUT2D eigenvalue weighted by Gasteiger charge is -2.09. The van der Waals surface area contributed by atoms with E-state index in [1.165, 1.54) is 4.90 Å². The molecule has 27 heavy (non-hydrogen) atoms. The van der Waals surface area contributed by atoms with Crippen LogP contribution in [0.15, 0.2) is 58.7 Å². The van der Waals surface area contributed by atoms with Crippen molar-refractivity contribution >= 4 is 33.9 Å². The van der Waals surface area contributed by atoms with Crippen LogP contribution < -0.4 is 0 Å². The molecular formula is C20H18N4O3. The van der Waals surface area contributed by atoms with Gasteiger partial charge in [-0.2, -0.15) is 0 Å². The average molecular weight is 362 g/mol. The molecule has 3 aromatic rings. The minimum atomic E-state index is -0.195. The molecule has 1 aromatic heterocycles. The molecule has 1 aliphatic rings. The summed E-state index contributed by atoms with van der Waals surface area (Å²) in [5.74, 6) is -0.182. The maximum absolute atomic E-state index is 11.8. The van der Waals surface area contributed by atoms with Crippen molar-refractivity contribution in [1.82, 2.24) is 9.88 Å². The lowest BCUT2D eigenvalue weighted by molar-refractivity contribution is -0.133. The van der Waals surface area contributed by atoms with Crippen LogP contribution in [0.25, 0.3) is 10.9 Å². The maximum Gasteiger partial charge on any atom is 0.262 e. The van der Waals surface area contributed by atoms with Gasteiger partial charge in [-0.25, -0.2) is 4.99 Å². The molecule has 0 unspecified atom stereocenters. The van der Waals surface area contributed by atoms with Gasteiger partial charge in [0.25, 0.3) is 5.91 Å². The zero-order chi connectivity index (χ0) is 19.0. The number of aromatic amines is 1. The number of amides is 1. The number of benzene rings is 2. The monoisotopic (exact) mass is 362 g/mol. The molecule has 2 N–H and O–H groups in total. The molecule has 0 radical (unpaired) electrons. The molecule has 0 saturated heterocycles. The SMILES string of the molecule is CN(C)C(=O)CON=C1C(c2c(O)[nH]c3ccccc23)=Nc2ccccc21. The molecule has 7 heteroatoms. The third-order valence-electron chi connectivity index (χ3n) is 4.38. The summed E-state index contributed by atoms with van der Waals surface area (Å²) in [6.07, 6.45) is 0. The van der Waals surface area contributed by atoms with Gasteiger partial charge in [0.05, 0.1) is 11.3 Å². The summed E-state index contributed by atoms with van der Waals surface area (Å²) in [6, 6.07) is 15.1. The standard InChI is InChI=1S/C20H18N4O3/c1-24(2)16(25)11-27-23-18-13-8-4-6-10-15(13)21-19(18)17-12-7-3-5-9-14(12)22-20(17)26/h3-10,22,26H,11H2,1-2H3. The number of para-hydroxylation sites is 2. The molecule has 1 amide bonds. The van der Waals surface area contributed by atoms with Crippen LogP contribution in [-0.4, -0.2) is 53.0 Å². The Hall–Kier alpha value is -3.61. The Balaban J connectivity index is 1.79. The zero-order valence-electron chi connectivity index (χ0n) is 14.9. The predicted molar refractivity (Wildman–Crippen MR) is 104 cm³/mol. The van der Waals surface area contributed by atoms with Gasteiger partial charge in [0.2, 0.25) is 0 Å². The van der Waals surface area contributed by atoms with Crippen molar-refractivity contribution in [2.75, 3.05) is 20.7 Å². The lowest BCUT2D eigenvalue weighted by Crippen LogP contribution is -2.26. The van der Waals surface area contributed by atoms with E-state index in [1.807, 2.05) is 48.5 Å². The number of nitrogens with zero attached hydrogens (tertiary/aromatic N) is 3. The van der Waals surface area contributed by atoms with Crippen LogP contribution >= 0.6 is 0 Å². The fourth-order valence-corrected chi connectivity index (χ4v) is 2.99. The highest BCUT2D eigenvalue weighted by Crippen LogP contribution is 2.35. The second kappa shape index (κ2) is 6.60. The molecular weight excluding hydrogens is 344 g/mol. The molecule has 0 fully saturated rings. The number of carbonyl (C=O) groups is 1. The summed E-state index contributed by atoms with van der Waals surface area (Å²) in [4.78, 5) is 26.1. The highest BCUT2D eigenvalue weighted by Gasteiger charge is 2.29. The molecule has 0 aliphatic carbocycles. The first-order valence-corrected chi connectivity index (χ1v) is 8.45. The number of aromatic hydroxyl groups is 1. The third kappa shape index (κ3) is 2.93. The number of H-pyrrole nitrogens is 1. The van der Waals surface area contributed by atoms with Gasteiger partial charge < -0.3 is 19.8 Å². The van der Waals surface area contributed by atoms with E-state index in [1.54, 1.807) is 14.1 Å². The number of aromatic nitrogens is 1. The molecule has 4 rings (SSSR count). The average Bonchev–Trinajstić information content (AvgIpc) is 3.18. The zero-order valence-corrected chi connectivity index (χ0v) is 14.9. The van der Waals surface area contributed by atoms with Crippen molar-refractivity contribution in [2.24, 2.45) is 10.1 Å². The van der Waals surface area contributed by atoms with E-state index < -0.39 is 0 Å². The quantitative estimate of drug-likeness (QED) is 0.699. The molecule has 1 aliphatic heterocycles. The van der Waals surface area contributed by atoms with Gasteiger partial charge in [-0.15, -0.1) is 0 Å². The Bertz CT molecular complexity index is 1100. The van der Waals surface area contributed by atoms with Crippen LogP contribution in [0.2, 0.25) is 0 Å². The number of hydrogen-bond acceptors (Lipinski definition) is 5. The summed E-state index contributed by atoms with van der Waals surface area (Å²) in [5, 5.41) is 15.5. The van der Waals surface area contributed by atoms with Crippen molar-refractivity contribution in [3.63, 3.8) is 0 Å². The number of oxime groups is 1. The van der Waals surface area contributed by atoms with Crippen LogP contribution in [0.5, 0.6) is 5.88 Å². The Morgan fingerprint density at radius 2 is 1.93 bits per heavy atom. The summed E-state index contributed by atoms with van der Waals surface area (Å²) in [7, 11) is 3.31. The fraction of sp³-hybridized carbons (Fsp3) is 0.150. The van der Waals surface area contributed by atoms with Gasteiger partial charge in [0.1, 0.15) is 11.4 Å². The normalized spacial score (nSPS) is 14.3. The largest absolute Gasteiger partial charge is 0.494 e. The van der Waals surface area contributed by atoms with Crippen molar-refractivity contribution in [3.05, 3.63) is 59.7 Å². The number of likely N-dealkylation sites (N-methyl/N-ethyl adjacent to an activating group) is 1. The lowest BCUT2D eigenvalue weighted by atomic mass is 10.0. The van der Waals surface area contributed by atoms with Crippen LogP contribution in [0.4, 0.5) is 5.69 Å². The first kappa shape index (κ1) is 16.8. The topological polar surface area (TPSA) is 90.3 Å². The van der Waals surface area contributed by atoms with Crippen LogP contribution in [0.1, 0.15) is 11.1 Å². The van der Waals surface area contributed by atoms with Gasteiger partial charge in [-0.3, -0.25) is 4.79 Å². The second-order valence-electron chi connectivity index (χ2n) is 6.37. The number of hydrogen-bond donors (Lipinski definition) is 2. The fourth-order valence-electron chi connectivity index (χ4n) is 2.99. The molecule has 0 atom stereocenters.